The predicted molar refractivity (Wildman–Crippen MR) is 60.2 cm³/mol. The van der Waals surface area contributed by atoms with Gasteiger partial charge in [-0.25, -0.2) is 4.39 Å². The molecule has 1 aromatic rings. The Morgan fingerprint density at radius 2 is 2.25 bits per heavy atom. The van der Waals surface area contributed by atoms with E-state index in [1.165, 1.54) is 12.1 Å². The van der Waals surface area contributed by atoms with Crippen molar-refractivity contribution in [2.75, 3.05) is 26.8 Å². The molecule has 4 heteroatoms. The van der Waals surface area contributed by atoms with Gasteiger partial charge in [-0.05, 0) is 24.6 Å². The maximum atomic E-state index is 13.0. The van der Waals surface area contributed by atoms with Gasteiger partial charge in [-0.3, -0.25) is 4.79 Å². The fourth-order valence-corrected chi connectivity index (χ4v) is 1.37. The van der Waals surface area contributed by atoms with Gasteiger partial charge in [-0.1, -0.05) is 6.07 Å². The van der Waals surface area contributed by atoms with Crippen LogP contribution in [-0.2, 0) is 4.74 Å². The Morgan fingerprint density at radius 1 is 1.50 bits per heavy atom. The van der Waals surface area contributed by atoms with Crippen LogP contribution in [0, 0.1) is 12.7 Å². The number of halogens is 1. The Bertz CT molecular complexity index is 366. The summed E-state index contributed by atoms with van der Waals surface area (Å²) in [4.78, 5) is 11.7. The zero-order valence-electron chi connectivity index (χ0n) is 9.55. The summed E-state index contributed by atoms with van der Waals surface area (Å²) < 4.78 is 17.8. The number of benzene rings is 1. The second-order valence-electron chi connectivity index (χ2n) is 3.55. The van der Waals surface area contributed by atoms with E-state index in [0.717, 1.165) is 5.56 Å². The smallest absolute Gasteiger partial charge is 0.176 e. The minimum Gasteiger partial charge on any atom is -0.383 e. The largest absolute Gasteiger partial charge is 0.383 e. The topological polar surface area (TPSA) is 38.3 Å². The molecule has 3 nitrogen and oxygen atoms in total. The van der Waals surface area contributed by atoms with E-state index in [1.54, 1.807) is 20.1 Å². The Labute approximate surface area is 94.6 Å². The molecule has 0 aromatic heterocycles. The number of hydrogen-bond acceptors (Lipinski definition) is 3. The highest BCUT2D eigenvalue weighted by molar-refractivity contribution is 5.98. The minimum atomic E-state index is -0.383. The molecular formula is C12H16FNO2. The van der Waals surface area contributed by atoms with E-state index in [0.29, 0.717) is 18.7 Å². The third kappa shape index (κ3) is 3.72. The van der Waals surface area contributed by atoms with Crippen molar-refractivity contribution in [2.45, 2.75) is 6.92 Å². The van der Waals surface area contributed by atoms with Crippen molar-refractivity contribution >= 4 is 5.78 Å². The van der Waals surface area contributed by atoms with Crippen molar-refractivity contribution in [1.29, 1.82) is 0 Å². The molecule has 0 aliphatic carbocycles. The van der Waals surface area contributed by atoms with Crippen molar-refractivity contribution in [3.63, 3.8) is 0 Å². The molecule has 0 unspecified atom stereocenters. The zero-order valence-corrected chi connectivity index (χ0v) is 9.55. The highest BCUT2D eigenvalue weighted by Gasteiger charge is 2.09. The minimum absolute atomic E-state index is 0.104. The fraction of sp³-hybridized carbons (Fsp3) is 0.417. The van der Waals surface area contributed by atoms with Crippen molar-refractivity contribution < 1.29 is 13.9 Å². The van der Waals surface area contributed by atoms with Crippen LogP contribution < -0.4 is 5.32 Å². The van der Waals surface area contributed by atoms with Crippen molar-refractivity contribution in [3.8, 4) is 0 Å². The van der Waals surface area contributed by atoms with Crippen LogP contribution in [0.1, 0.15) is 15.9 Å². The number of ketones is 1. The summed E-state index contributed by atoms with van der Waals surface area (Å²) in [5, 5.41) is 2.93. The second-order valence-corrected chi connectivity index (χ2v) is 3.55. The van der Waals surface area contributed by atoms with Crippen molar-refractivity contribution in [1.82, 2.24) is 5.32 Å². The Morgan fingerprint density at radius 3 is 2.94 bits per heavy atom. The first-order chi connectivity index (χ1) is 7.65. The molecule has 0 fully saturated rings. The Balaban J connectivity index is 2.55. The number of rotatable bonds is 6. The van der Waals surface area contributed by atoms with Crippen LogP contribution in [0.3, 0.4) is 0 Å². The van der Waals surface area contributed by atoms with Crippen LogP contribution in [0.2, 0.25) is 0 Å². The SMILES string of the molecule is COCCNCC(=O)c1cc(F)ccc1C. The summed E-state index contributed by atoms with van der Waals surface area (Å²) in [6.07, 6.45) is 0. The normalized spacial score (nSPS) is 10.4. The molecular weight excluding hydrogens is 209 g/mol. The van der Waals surface area contributed by atoms with Crippen LogP contribution in [0.15, 0.2) is 18.2 Å². The molecule has 0 radical (unpaired) electrons. The molecule has 0 aliphatic heterocycles. The third-order valence-corrected chi connectivity index (χ3v) is 2.27. The first-order valence-corrected chi connectivity index (χ1v) is 5.14. The highest BCUT2D eigenvalue weighted by Crippen LogP contribution is 2.10. The lowest BCUT2D eigenvalue weighted by Gasteiger charge is -2.06. The maximum Gasteiger partial charge on any atom is 0.176 e. The first kappa shape index (κ1) is 12.8. The predicted octanol–water partition coefficient (Wildman–Crippen LogP) is 1.55. The maximum absolute atomic E-state index is 13.0. The lowest BCUT2D eigenvalue weighted by Crippen LogP contribution is -2.26. The summed E-state index contributed by atoms with van der Waals surface area (Å²) >= 11 is 0. The Hall–Kier alpha value is -1.26. The van der Waals surface area contributed by atoms with Crippen LogP contribution in [0.5, 0.6) is 0 Å². The van der Waals surface area contributed by atoms with Gasteiger partial charge in [-0.15, -0.1) is 0 Å². The number of methoxy groups -OCH3 is 1. The van der Waals surface area contributed by atoms with Gasteiger partial charge in [-0.2, -0.15) is 0 Å². The summed E-state index contributed by atoms with van der Waals surface area (Å²) in [5.41, 5.74) is 1.23. The van der Waals surface area contributed by atoms with E-state index < -0.39 is 0 Å². The molecule has 1 N–H and O–H groups in total. The summed E-state index contributed by atoms with van der Waals surface area (Å²) in [5.74, 6) is -0.487. The van der Waals surface area contributed by atoms with Crippen LogP contribution in [0.25, 0.3) is 0 Å². The molecule has 1 aromatic carbocycles. The molecule has 0 atom stereocenters. The van der Waals surface area contributed by atoms with Gasteiger partial charge >= 0.3 is 0 Å². The molecule has 0 heterocycles. The number of carbonyl (C=O) groups is 1. The second kappa shape index (κ2) is 6.35. The van der Waals surface area contributed by atoms with E-state index in [4.69, 9.17) is 4.74 Å². The summed E-state index contributed by atoms with van der Waals surface area (Å²) in [6.45, 7) is 3.15. The first-order valence-electron chi connectivity index (χ1n) is 5.14. The fourth-order valence-electron chi connectivity index (χ4n) is 1.37. The van der Waals surface area contributed by atoms with Crippen molar-refractivity contribution in [3.05, 3.63) is 35.1 Å². The molecule has 0 saturated heterocycles. The molecule has 0 amide bonds. The van der Waals surface area contributed by atoms with E-state index in [-0.39, 0.29) is 18.1 Å². The van der Waals surface area contributed by atoms with Crippen molar-refractivity contribution in [2.24, 2.45) is 0 Å². The number of aryl methyl sites for hydroxylation is 1. The molecule has 0 saturated carbocycles. The molecule has 0 bridgehead atoms. The number of Topliss-reactive ketones (excluding diaryl/α,β-unsaturated/α-hetero) is 1. The van der Waals surface area contributed by atoms with Gasteiger partial charge in [0, 0.05) is 19.2 Å². The van der Waals surface area contributed by atoms with Gasteiger partial charge in [0.1, 0.15) is 5.82 Å². The third-order valence-electron chi connectivity index (χ3n) is 2.27. The standard InChI is InChI=1S/C12H16FNO2/c1-9-3-4-10(13)7-11(9)12(15)8-14-5-6-16-2/h3-4,7,14H,5-6,8H2,1-2H3. The monoisotopic (exact) mass is 225 g/mol. The van der Waals surface area contributed by atoms with Gasteiger partial charge in [0.15, 0.2) is 5.78 Å². The van der Waals surface area contributed by atoms with E-state index >= 15 is 0 Å². The molecule has 16 heavy (non-hydrogen) atoms. The van der Waals surface area contributed by atoms with E-state index in [1.807, 2.05) is 0 Å². The number of nitrogens with one attached hydrogen (secondary N) is 1. The number of ether oxygens (including phenoxy) is 1. The van der Waals surface area contributed by atoms with Gasteiger partial charge in [0.2, 0.25) is 0 Å². The molecule has 0 spiro atoms. The average molecular weight is 225 g/mol. The van der Waals surface area contributed by atoms with Gasteiger partial charge in [0.25, 0.3) is 0 Å². The van der Waals surface area contributed by atoms with Crippen LogP contribution in [0.4, 0.5) is 4.39 Å². The molecule has 1 rings (SSSR count). The highest BCUT2D eigenvalue weighted by atomic mass is 19.1. The van der Waals surface area contributed by atoms with E-state index in [9.17, 15) is 9.18 Å². The zero-order chi connectivity index (χ0) is 12.0. The summed E-state index contributed by atoms with van der Waals surface area (Å²) in [7, 11) is 1.60. The molecule has 0 aliphatic rings. The molecule has 88 valence electrons. The number of hydrogen-bond donors (Lipinski definition) is 1. The average Bonchev–Trinajstić information content (AvgIpc) is 2.27. The van der Waals surface area contributed by atoms with Gasteiger partial charge < -0.3 is 10.1 Å². The lowest BCUT2D eigenvalue weighted by molar-refractivity contribution is 0.0986. The summed E-state index contributed by atoms with van der Waals surface area (Å²) in [6, 6.07) is 4.23. The Kier molecular flexibility index (Phi) is 5.08. The lowest BCUT2D eigenvalue weighted by atomic mass is 10.0. The van der Waals surface area contributed by atoms with Gasteiger partial charge in [0.05, 0.1) is 13.2 Å². The van der Waals surface area contributed by atoms with Crippen LogP contribution >= 0.6 is 0 Å². The van der Waals surface area contributed by atoms with E-state index in [2.05, 4.69) is 5.32 Å². The quantitative estimate of drug-likeness (QED) is 0.589. The number of carbonyl (C=O) groups excluding carboxylic acids is 1. The van der Waals surface area contributed by atoms with Crippen LogP contribution in [-0.4, -0.2) is 32.6 Å².